The number of aryl methyl sites for hydroxylation is 1. The molecule has 0 saturated carbocycles. The Bertz CT molecular complexity index is 925. The van der Waals surface area contributed by atoms with Gasteiger partial charge in [0, 0.05) is 22.6 Å². The van der Waals surface area contributed by atoms with E-state index in [-0.39, 0.29) is 17.4 Å². The van der Waals surface area contributed by atoms with Crippen LogP contribution < -0.4 is 0 Å². The Morgan fingerprint density at radius 2 is 1.96 bits per heavy atom. The zero-order chi connectivity index (χ0) is 18.0. The van der Waals surface area contributed by atoms with Crippen LogP contribution in [0.4, 0.5) is 4.39 Å². The highest BCUT2D eigenvalue weighted by molar-refractivity contribution is 6.00. The molecule has 2 heterocycles. The molecule has 2 aromatic heterocycles. The van der Waals surface area contributed by atoms with Gasteiger partial charge in [0.2, 0.25) is 11.5 Å². The summed E-state index contributed by atoms with van der Waals surface area (Å²) in [6, 6.07) is 10.8. The van der Waals surface area contributed by atoms with Gasteiger partial charge in [0.1, 0.15) is 5.82 Å². The lowest BCUT2D eigenvalue weighted by molar-refractivity contribution is 0.0444. The fourth-order valence-electron chi connectivity index (χ4n) is 2.73. The van der Waals surface area contributed by atoms with Crippen molar-refractivity contribution >= 4 is 11.8 Å². The Morgan fingerprint density at radius 3 is 2.64 bits per heavy atom. The molecule has 3 rings (SSSR count). The summed E-state index contributed by atoms with van der Waals surface area (Å²) < 4.78 is 25.2. The van der Waals surface area contributed by atoms with Crippen molar-refractivity contribution in [3.05, 3.63) is 77.3 Å². The first-order valence-corrected chi connectivity index (χ1v) is 7.66. The number of Topliss-reactive ketones (excluding diaryl/α,β-unsaturated/α-hetero) is 1. The van der Waals surface area contributed by atoms with E-state index in [0.717, 1.165) is 5.69 Å². The second kappa shape index (κ2) is 6.76. The van der Waals surface area contributed by atoms with Gasteiger partial charge in [-0.3, -0.25) is 4.79 Å². The van der Waals surface area contributed by atoms with Crippen molar-refractivity contribution in [2.75, 3.05) is 6.61 Å². The number of ether oxygens (including phenoxy) is 1. The topological polar surface area (TPSA) is 61.4 Å². The average molecular weight is 341 g/mol. The third-order valence-electron chi connectivity index (χ3n) is 3.85. The number of carbonyl (C=O) groups is 2. The number of benzene rings is 1. The summed E-state index contributed by atoms with van der Waals surface area (Å²) >= 11 is 0. The quantitative estimate of drug-likeness (QED) is 0.522. The predicted molar refractivity (Wildman–Crippen MR) is 88.5 cm³/mol. The standard InChI is InChI=1S/C19H16FNO4/c1-12-9-16(13(2)21(12)15-6-3-5-14(20)10-15)17(22)11-25-19(23)18-7-4-8-24-18/h3-10H,11H2,1-2H3. The minimum atomic E-state index is -0.697. The minimum absolute atomic E-state index is 0.0398. The van der Waals surface area contributed by atoms with Crippen LogP contribution in [0.3, 0.4) is 0 Å². The number of halogens is 1. The van der Waals surface area contributed by atoms with Gasteiger partial charge in [0.25, 0.3) is 0 Å². The zero-order valence-corrected chi connectivity index (χ0v) is 13.8. The number of nitrogens with zero attached hydrogens (tertiary/aromatic N) is 1. The second-order valence-electron chi connectivity index (χ2n) is 5.58. The number of carbonyl (C=O) groups excluding carboxylic acids is 2. The molecule has 5 nitrogen and oxygen atoms in total. The van der Waals surface area contributed by atoms with Crippen LogP contribution in [0.5, 0.6) is 0 Å². The Balaban J connectivity index is 1.80. The monoisotopic (exact) mass is 341 g/mol. The third-order valence-corrected chi connectivity index (χ3v) is 3.85. The molecular formula is C19H16FNO4. The van der Waals surface area contributed by atoms with Gasteiger partial charge in [-0.1, -0.05) is 6.07 Å². The maximum absolute atomic E-state index is 13.5. The maximum atomic E-state index is 13.5. The molecule has 0 fully saturated rings. The lowest BCUT2D eigenvalue weighted by Crippen LogP contribution is -2.14. The van der Waals surface area contributed by atoms with E-state index in [1.807, 2.05) is 6.92 Å². The fraction of sp³-hybridized carbons (Fsp3) is 0.158. The molecule has 1 aromatic carbocycles. The maximum Gasteiger partial charge on any atom is 0.374 e. The molecule has 25 heavy (non-hydrogen) atoms. The molecule has 6 heteroatoms. The van der Waals surface area contributed by atoms with Gasteiger partial charge >= 0.3 is 5.97 Å². The Kier molecular flexibility index (Phi) is 4.52. The number of esters is 1. The van der Waals surface area contributed by atoms with Crippen LogP contribution in [-0.2, 0) is 4.74 Å². The molecule has 0 amide bonds. The Hall–Kier alpha value is -3.15. The van der Waals surface area contributed by atoms with E-state index in [0.29, 0.717) is 16.9 Å². The average Bonchev–Trinajstić information content (AvgIpc) is 3.21. The summed E-state index contributed by atoms with van der Waals surface area (Å²) in [4.78, 5) is 24.2. The van der Waals surface area contributed by atoms with Gasteiger partial charge in [-0.05, 0) is 50.2 Å². The van der Waals surface area contributed by atoms with Crippen LogP contribution in [-0.4, -0.2) is 22.9 Å². The van der Waals surface area contributed by atoms with E-state index in [2.05, 4.69) is 0 Å². The molecule has 0 spiro atoms. The molecule has 0 saturated heterocycles. The molecule has 0 aliphatic rings. The van der Waals surface area contributed by atoms with Crippen LogP contribution in [0.25, 0.3) is 5.69 Å². The van der Waals surface area contributed by atoms with E-state index in [9.17, 15) is 14.0 Å². The fourth-order valence-corrected chi connectivity index (χ4v) is 2.73. The summed E-state index contributed by atoms with van der Waals surface area (Å²) in [6.07, 6.45) is 1.35. The van der Waals surface area contributed by atoms with Gasteiger partial charge < -0.3 is 13.7 Å². The van der Waals surface area contributed by atoms with Crippen molar-refractivity contribution in [1.29, 1.82) is 0 Å². The summed E-state index contributed by atoms with van der Waals surface area (Å²) in [5, 5.41) is 0. The highest BCUT2D eigenvalue weighted by Gasteiger charge is 2.19. The van der Waals surface area contributed by atoms with Gasteiger partial charge in [0.05, 0.1) is 6.26 Å². The largest absolute Gasteiger partial charge is 0.457 e. The number of ketones is 1. The molecule has 0 unspecified atom stereocenters. The van der Waals surface area contributed by atoms with E-state index >= 15 is 0 Å². The van der Waals surface area contributed by atoms with E-state index in [1.165, 1.54) is 24.5 Å². The lowest BCUT2D eigenvalue weighted by Gasteiger charge is -2.10. The first-order valence-electron chi connectivity index (χ1n) is 7.66. The lowest BCUT2D eigenvalue weighted by atomic mass is 10.1. The normalized spacial score (nSPS) is 10.7. The molecule has 0 radical (unpaired) electrons. The van der Waals surface area contributed by atoms with Gasteiger partial charge in [-0.25, -0.2) is 9.18 Å². The highest BCUT2D eigenvalue weighted by Crippen LogP contribution is 2.22. The van der Waals surface area contributed by atoms with Gasteiger partial charge in [0.15, 0.2) is 6.61 Å². The van der Waals surface area contributed by atoms with Crippen LogP contribution in [0.1, 0.15) is 32.3 Å². The van der Waals surface area contributed by atoms with Crippen LogP contribution in [0.2, 0.25) is 0 Å². The molecule has 0 aliphatic heterocycles. The molecule has 128 valence electrons. The van der Waals surface area contributed by atoms with E-state index in [1.54, 1.807) is 35.8 Å². The van der Waals surface area contributed by atoms with Gasteiger partial charge in [-0.15, -0.1) is 0 Å². The molecule has 0 aliphatic carbocycles. The molecule has 0 atom stereocenters. The van der Waals surface area contributed by atoms with E-state index in [4.69, 9.17) is 9.15 Å². The Labute approximate surface area is 143 Å². The number of furan rings is 1. The Morgan fingerprint density at radius 1 is 1.16 bits per heavy atom. The SMILES string of the molecule is Cc1cc(C(=O)COC(=O)c2ccco2)c(C)n1-c1cccc(F)c1. The molecule has 0 N–H and O–H groups in total. The second-order valence-corrected chi connectivity index (χ2v) is 5.58. The van der Waals surface area contributed by atoms with Crippen molar-refractivity contribution < 1.29 is 23.1 Å². The molecule has 3 aromatic rings. The third kappa shape index (κ3) is 3.38. The summed E-state index contributed by atoms with van der Waals surface area (Å²) in [7, 11) is 0. The van der Waals surface area contributed by atoms with Crippen molar-refractivity contribution in [2.24, 2.45) is 0 Å². The smallest absolute Gasteiger partial charge is 0.374 e. The molecular weight excluding hydrogens is 325 g/mol. The highest BCUT2D eigenvalue weighted by atomic mass is 19.1. The first-order chi connectivity index (χ1) is 12.0. The van der Waals surface area contributed by atoms with Crippen LogP contribution in [0, 0.1) is 19.7 Å². The number of rotatable bonds is 5. The summed E-state index contributed by atoms with van der Waals surface area (Å²) in [5.41, 5.74) is 2.49. The van der Waals surface area contributed by atoms with E-state index < -0.39 is 12.6 Å². The van der Waals surface area contributed by atoms with Gasteiger partial charge in [-0.2, -0.15) is 0 Å². The van der Waals surface area contributed by atoms with Crippen molar-refractivity contribution in [3.63, 3.8) is 0 Å². The van der Waals surface area contributed by atoms with Crippen molar-refractivity contribution in [2.45, 2.75) is 13.8 Å². The summed E-state index contributed by atoms with van der Waals surface area (Å²) in [5.74, 6) is -1.35. The minimum Gasteiger partial charge on any atom is -0.457 e. The number of hydrogen-bond acceptors (Lipinski definition) is 4. The van der Waals surface area contributed by atoms with Crippen molar-refractivity contribution in [3.8, 4) is 5.69 Å². The molecule has 0 bridgehead atoms. The number of hydrogen-bond donors (Lipinski definition) is 0. The number of aromatic nitrogens is 1. The van der Waals surface area contributed by atoms with Crippen LogP contribution >= 0.6 is 0 Å². The van der Waals surface area contributed by atoms with Crippen molar-refractivity contribution in [1.82, 2.24) is 4.57 Å². The van der Waals surface area contributed by atoms with Crippen LogP contribution in [0.15, 0.2) is 53.1 Å². The predicted octanol–water partition coefficient (Wildman–Crippen LogP) is 3.87. The first kappa shape index (κ1) is 16.7. The summed E-state index contributed by atoms with van der Waals surface area (Å²) in [6.45, 7) is 3.19. The zero-order valence-electron chi connectivity index (χ0n) is 13.8.